The van der Waals surface area contributed by atoms with Crippen molar-refractivity contribution >= 4 is 22.7 Å². The van der Waals surface area contributed by atoms with Crippen LogP contribution >= 0.6 is 0 Å². The molecule has 1 aliphatic heterocycles. The predicted molar refractivity (Wildman–Crippen MR) is 114 cm³/mol. The molecule has 2 N–H and O–H groups in total. The normalized spacial score (nSPS) is 20.0. The molecule has 1 aliphatic carbocycles. The molecular formula is C24H27NO6. The first-order valence-corrected chi connectivity index (χ1v) is 10.8. The number of carbonyl (C=O) groups is 2. The molecule has 1 fully saturated rings. The molecule has 1 unspecified atom stereocenters. The fraction of sp³-hybridized carbons (Fsp3) is 0.417. The summed E-state index contributed by atoms with van der Waals surface area (Å²) >= 11 is 0. The van der Waals surface area contributed by atoms with Crippen LogP contribution in [0.3, 0.4) is 0 Å². The first kappa shape index (κ1) is 21.3. The summed E-state index contributed by atoms with van der Waals surface area (Å²) in [6, 6.07) is 13.3. The fourth-order valence-corrected chi connectivity index (χ4v) is 4.10. The Balaban J connectivity index is 1.57. The second-order valence-electron chi connectivity index (χ2n) is 7.95. The lowest BCUT2D eigenvalue weighted by Gasteiger charge is -2.34. The topological polar surface area (TPSA) is 94.1 Å². The highest BCUT2D eigenvalue weighted by atomic mass is 16.9. The van der Waals surface area contributed by atoms with Crippen LogP contribution in [0.25, 0.3) is 10.8 Å². The molecule has 1 saturated carbocycles. The maximum absolute atomic E-state index is 12.2. The molecule has 4 rings (SSSR count). The van der Waals surface area contributed by atoms with Crippen molar-refractivity contribution in [2.75, 3.05) is 6.54 Å². The Morgan fingerprint density at radius 3 is 2.42 bits per heavy atom. The van der Waals surface area contributed by atoms with Gasteiger partial charge in [0.05, 0.1) is 0 Å². The van der Waals surface area contributed by atoms with Crippen LogP contribution in [-0.4, -0.2) is 41.7 Å². The summed E-state index contributed by atoms with van der Waals surface area (Å²) in [5.41, 5.74) is 0. The average molecular weight is 425 g/mol. The van der Waals surface area contributed by atoms with E-state index < -0.39 is 24.0 Å². The van der Waals surface area contributed by atoms with Crippen molar-refractivity contribution in [3.05, 3.63) is 54.6 Å². The highest BCUT2D eigenvalue weighted by Gasteiger charge is 2.50. The number of rotatable bonds is 7. The van der Waals surface area contributed by atoms with Crippen LogP contribution in [0.1, 0.15) is 38.5 Å². The highest BCUT2D eigenvalue weighted by molar-refractivity contribution is 5.93. The third-order valence-corrected chi connectivity index (χ3v) is 5.71. The number of fused-ring (bicyclic) bond motifs is 1. The van der Waals surface area contributed by atoms with E-state index in [0.29, 0.717) is 18.3 Å². The SMILES string of the molecule is O=C1C=CC(=O)OC(Oc2cccc3ccccc23)(C(O)CCNC2CCCCC2)O1. The predicted octanol–water partition coefficient (Wildman–Crippen LogP) is 3.20. The number of esters is 2. The van der Waals surface area contributed by atoms with E-state index in [2.05, 4.69) is 5.32 Å². The summed E-state index contributed by atoms with van der Waals surface area (Å²) in [6.07, 6.45) is 6.53. The molecule has 2 aromatic rings. The van der Waals surface area contributed by atoms with Crippen LogP contribution < -0.4 is 10.1 Å². The fourth-order valence-electron chi connectivity index (χ4n) is 4.10. The minimum absolute atomic E-state index is 0.168. The van der Waals surface area contributed by atoms with E-state index in [1.165, 1.54) is 19.3 Å². The molecule has 31 heavy (non-hydrogen) atoms. The van der Waals surface area contributed by atoms with Gasteiger partial charge in [0.25, 0.3) is 0 Å². The Kier molecular flexibility index (Phi) is 6.53. The first-order valence-electron chi connectivity index (χ1n) is 10.8. The molecule has 0 radical (unpaired) electrons. The van der Waals surface area contributed by atoms with Gasteiger partial charge in [0.15, 0.2) is 6.10 Å². The molecule has 7 nitrogen and oxygen atoms in total. The number of aliphatic hydroxyl groups excluding tert-OH is 1. The van der Waals surface area contributed by atoms with Crippen LogP contribution in [0.4, 0.5) is 0 Å². The van der Waals surface area contributed by atoms with Gasteiger partial charge in [-0.1, -0.05) is 55.7 Å². The molecule has 7 heteroatoms. The molecule has 164 valence electrons. The summed E-state index contributed by atoms with van der Waals surface area (Å²) in [5.74, 6) is -3.61. The van der Waals surface area contributed by atoms with Crippen LogP contribution in [0.2, 0.25) is 0 Å². The largest absolute Gasteiger partial charge is 0.449 e. The van der Waals surface area contributed by atoms with Crippen molar-refractivity contribution in [1.29, 1.82) is 0 Å². The summed E-state index contributed by atoms with van der Waals surface area (Å²) in [5, 5.41) is 16.1. The minimum atomic E-state index is -2.28. The van der Waals surface area contributed by atoms with Crippen molar-refractivity contribution < 1.29 is 28.9 Å². The van der Waals surface area contributed by atoms with Crippen molar-refractivity contribution in [2.45, 2.75) is 56.6 Å². The standard InChI is InChI=1S/C24H27NO6/c26-21(15-16-25-18-9-2-1-3-10-18)24(30-22(27)13-14-23(28)31-24)29-20-12-6-8-17-7-4-5-11-19(17)20/h4-8,11-14,18,21,25-26H,1-3,9-10,15-16H2. The molecule has 2 aliphatic rings. The third kappa shape index (κ3) is 5.06. The van der Waals surface area contributed by atoms with Crippen molar-refractivity contribution in [3.8, 4) is 5.75 Å². The van der Waals surface area contributed by atoms with E-state index in [9.17, 15) is 14.7 Å². The Labute approximate surface area is 181 Å². The molecular weight excluding hydrogens is 398 g/mol. The van der Waals surface area contributed by atoms with Crippen LogP contribution in [0.5, 0.6) is 5.75 Å². The molecule has 0 aromatic heterocycles. The Hall–Kier alpha value is -2.90. The van der Waals surface area contributed by atoms with E-state index in [4.69, 9.17) is 14.2 Å². The second-order valence-corrected chi connectivity index (χ2v) is 7.95. The van der Waals surface area contributed by atoms with Crippen molar-refractivity contribution in [3.63, 3.8) is 0 Å². The molecule has 1 atom stereocenters. The van der Waals surface area contributed by atoms with E-state index in [1.807, 2.05) is 30.3 Å². The molecule has 0 bridgehead atoms. The van der Waals surface area contributed by atoms with Gasteiger partial charge >= 0.3 is 17.9 Å². The summed E-state index contributed by atoms with van der Waals surface area (Å²) in [4.78, 5) is 24.4. The zero-order chi connectivity index (χ0) is 21.7. The Morgan fingerprint density at radius 1 is 1.00 bits per heavy atom. The van der Waals surface area contributed by atoms with Gasteiger partial charge in [-0.25, -0.2) is 9.59 Å². The molecule has 0 saturated heterocycles. The van der Waals surface area contributed by atoms with Gasteiger partial charge < -0.3 is 24.6 Å². The third-order valence-electron chi connectivity index (χ3n) is 5.71. The molecule has 0 amide bonds. The Morgan fingerprint density at radius 2 is 1.68 bits per heavy atom. The maximum Gasteiger partial charge on any atom is 0.449 e. The zero-order valence-corrected chi connectivity index (χ0v) is 17.3. The number of cyclic esters (lactones) is 2. The molecule has 1 heterocycles. The highest BCUT2D eigenvalue weighted by Crippen LogP contribution is 2.33. The summed E-state index contributed by atoms with van der Waals surface area (Å²) in [7, 11) is 0. The second kappa shape index (κ2) is 9.49. The zero-order valence-electron chi connectivity index (χ0n) is 17.3. The average Bonchev–Trinajstić information content (AvgIpc) is 2.93. The monoisotopic (exact) mass is 425 g/mol. The smallest absolute Gasteiger partial charge is 0.418 e. The van der Waals surface area contributed by atoms with Crippen LogP contribution in [0, 0.1) is 0 Å². The summed E-state index contributed by atoms with van der Waals surface area (Å²) < 4.78 is 16.7. The number of carbonyl (C=O) groups excluding carboxylic acids is 2. The Bertz CT molecular complexity index is 940. The number of benzene rings is 2. The number of nitrogens with one attached hydrogen (secondary N) is 1. The lowest BCUT2D eigenvalue weighted by atomic mass is 9.95. The summed E-state index contributed by atoms with van der Waals surface area (Å²) in [6.45, 7) is 0.467. The molecule has 2 aromatic carbocycles. The van der Waals surface area contributed by atoms with Crippen LogP contribution in [0.15, 0.2) is 54.6 Å². The van der Waals surface area contributed by atoms with Gasteiger partial charge in [0.1, 0.15) is 5.75 Å². The van der Waals surface area contributed by atoms with Gasteiger partial charge in [0, 0.05) is 23.6 Å². The lowest BCUT2D eigenvalue weighted by molar-refractivity contribution is -0.341. The van der Waals surface area contributed by atoms with E-state index >= 15 is 0 Å². The van der Waals surface area contributed by atoms with Gasteiger partial charge in [0.2, 0.25) is 0 Å². The van der Waals surface area contributed by atoms with E-state index in [0.717, 1.165) is 35.8 Å². The quantitative estimate of drug-likeness (QED) is 0.658. The lowest BCUT2D eigenvalue weighted by Crippen LogP contribution is -2.54. The van der Waals surface area contributed by atoms with Crippen molar-refractivity contribution in [1.82, 2.24) is 5.32 Å². The first-order chi connectivity index (χ1) is 15.1. The number of aliphatic hydroxyl groups is 1. The van der Waals surface area contributed by atoms with Gasteiger partial charge in [-0.3, -0.25) is 0 Å². The minimum Gasteiger partial charge on any atom is -0.418 e. The maximum atomic E-state index is 12.2. The molecule has 0 spiro atoms. The van der Waals surface area contributed by atoms with E-state index in [-0.39, 0.29) is 6.42 Å². The number of hydrogen-bond acceptors (Lipinski definition) is 7. The van der Waals surface area contributed by atoms with E-state index in [1.54, 1.807) is 12.1 Å². The van der Waals surface area contributed by atoms with Gasteiger partial charge in [-0.05, 0) is 37.3 Å². The van der Waals surface area contributed by atoms with Crippen molar-refractivity contribution in [2.24, 2.45) is 0 Å². The number of ether oxygens (including phenoxy) is 3. The van der Waals surface area contributed by atoms with Gasteiger partial charge in [-0.2, -0.15) is 0 Å². The van der Waals surface area contributed by atoms with Gasteiger partial charge in [-0.15, -0.1) is 0 Å². The number of hydrogen-bond donors (Lipinski definition) is 2. The van der Waals surface area contributed by atoms with Crippen LogP contribution in [-0.2, 0) is 19.1 Å².